The Bertz CT molecular complexity index is 630. The van der Waals surface area contributed by atoms with Crippen LogP contribution in [-0.2, 0) is 6.42 Å². The summed E-state index contributed by atoms with van der Waals surface area (Å²) in [6, 6.07) is 13.0. The van der Waals surface area contributed by atoms with Crippen molar-refractivity contribution in [3.8, 4) is 6.07 Å². The highest BCUT2D eigenvalue weighted by molar-refractivity contribution is 6.42. The standard InChI is InChI=1S/C14H10Cl2N2/c15-12-3-1-10(7-13(12)16)5-9-2-4-14(18)11(6-9)8-17/h1-4,6-7H,5,18H2. The molecule has 0 aliphatic carbocycles. The topological polar surface area (TPSA) is 49.8 Å². The maximum Gasteiger partial charge on any atom is 0.101 e. The van der Waals surface area contributed by atoms with E-state index in [1.165, 1.54) is 0 Å². The van der Waals surface area contributed by atoms with E-state index in [0.717, 1.165) is 11.1 Å². The van der Waals surface area contributed by atoms with E-state index in [2.05, 4.69) is 6.07 Å². The van der Waals surface area contributed by atoms with Gasteiger partial charge in [-0.05, 0) is 41.8 Å². The third-order valence-electron chi connectivity index (χ3n) is 2.63. The summed E-state index contributed by atoms with van der Waals surface area (Å²) >= 11 is 11.8. The van der Waals surface area contributed by atoms with Crippen LogP contribution in [0.15, 0.2) is 36.4 Å². The lowest BCUT2D eigenvalue weighted by atomic mass is 10.0. The average molecular weight is 277 g/mol. The molecule has 0 unspecified atom stereocenters. The van der Waals surface area contributed by atoms with Crippen LogP contribution < -0.4 is 5.73 Å². The molecule has 0 aliphatic rings. The molecule has 0 atom stereocenters. The number of benzene rings is 2. The number of nitriles is 1. The van der Waals surface area contributed by atoms with Gasteiger partial charge in [-0.1, -0.05) is 35.3 Å². The van der Waals surface area contributed by atoms with Crippen LogP contribution in [0.25, 0.3) is 0 Å². The second-order valence-corrected chi connectivity index (χ2v) is 4.77. The van der Waals surface area contributed by atoms with Crippen LogP contribution in [0.5, 0.6) is 0 Å². The van der Waals surface area contributed by atoms with Gasteiger partial charge in [0.2, 0.25) is 0 Å². The van der Waals surface area contributed by atoms with Crippen molar-refractivity contribution in [2.24, 2.45) is 0 Å². The Labute approximate surface area is 116 Å². The number of nitrogen functional groups attached to an aromatic ring is 1. The van der Waals surface area contributed by atoms with Crippen molar-refractivity contribution < 1.29 is 0 Å². The predicted octanol–water partition coefficient (Wildman–Crippen LogP) is 4.04. The molecule has 0 saturated heterocycles. The van der Waals surface area contributed by atoms with Crippen molar-refractivity contribution in [3.05, 3.63) is 63.1 Å². The Balaban J connectivity index is 2.29. The maximum absolute atomic E-state index is 8.92. The van der Waals surface area contributed by atoms with Crippen LogP contribution in [0.4, 0.5) is 5.69 Å². The van der Waals surface area contributed by atoms with Crippen LogP contribution in [0.2, 0.25) is 10.0 Å². The summed E-state index contributed by atoms with van der Waals surface area (Å²) in [6.45, 7) is 0. The van der Waals surface area contributed by atoms with E-state index in [1.54, 1.807) is 18.2 Å². The number of nitrogens with zero attached hydrogens (tertiary/aromatic N) is 1. The number of halogens is 2. The van der Waals surface area contributed by atoms with Crippen LogP contribution in [0, 0.1) is 11.3 Å². The monoisotopic (exact) mass is 276 g/mol. The van der Waals surface area contributed by atoms with Gasteiger partial charge in [0, 0.05) is 5.69 Å². The molecule has 0 fully saturated rings. The molecule has 4 heteroatoms. The molecular formula is C14H10Cl2N2. The quantitative estimate of drug-likeness (QED) is 0.842. The van der Waals surface area contributed by atoms with Gasteiger partial charge in [0.15, 0.2) is 0 Å². The molecule has 0 radical (unpaired) electrons. The van der Waals surface area contributed by atoms with Gasteiger partial charge in [-0.3, -0.25) is 0 Å². The first kappa shape index (κ1) is 12.8. The Kier molecular flexibility index (Phi) is 3.76. The molecule has 2 N–H and O–H groups in total. The molecular weight excluding hydrogens is 267 g/mol. The second kappa shape index (κ2) is 5.30. The highest BCUT2D eigenvalue weighted by Crippen LogP contribution is 2.24. The first-order chi connectivity index (χ1) is 8.60. The average Bonchev–Trinajstić information content (AvgIpc) is 2.36. The number of hydrogen-bond donors (Lipinski definition) is 1. The van der Waals surface area contributed by atoms with Gasteiger partial charge in [0.1, 0.15) is 6.07 Å². The highest BCUT2D eigenvalue weighted by atomic mass is 35.5. The molecule has 0 bridgehead atoms. The molecule has 0 aromatic heterocycles. The van der Waals surface area contributed by atoms with Crippen molar-refractivity contribution in [1.82, 2.24) is 0 Å². The Morgan fingerprint density at radius 2 is 1.67 bits per heavy atom. The Morgan fingerprint density at radius 1 is 1.00 bits per heavy atom. The molecule has 0 spiro atoms. The molecule has 2 aromatic rings. The van der Waals surface area contributed by atoms with E-state index in [1.807, 2.05) is 18.2 Å². The second-order valence-electron chi connectivity index (χ2n) is 3.96. The van der Waals surface area contributed by atoms with Gasteiger partial charge in [-0.15, -0.1) is 0 Å². The molecule has 0 heterocycles. The molecule has 2 rings (SSSR count). The summed E-state index contributed by atoms with van der Waals surface area (Å²) in [5, 5.41) is 9.99. The summed E-state index contributed by atoms with van der Waals surface area (Å²) in [5.41, 5.74) is 8.72. The van der Waals surface area contributed by atoms with E-state index in [4.69, 9.17) is 34.2 Å². The van der Waals surface area contributed by atoms with Crippen molar-refractivity contribution >= 4 is 28.9 Å². The van der Waals surface area contributed by atoms with Gasteiger partial charge in [0.05, 0.1) is 15.6 Å². The maximum atomic E-state index is 8.92. The molecule has 2 aromatic carbocycles. The fourth-order valence-electron chi connectivity index (χ4n) is 1.70. The first-order valence-corrected chi connectivity index (χ1v) is 6.08. The minimum absolute atomic E-state index is 0.493. The predicted molar refractivity (Wildman–Crippen MR) is 74.8 cm³/mol. The Hall–Kier alpha value is -1.69. The molecule has 0 saturated carbocycles. The van der Waals surface area contributed by atoms with E-state index >= 15 is 0 Å². The zero-order valence-corrected chi connectivity index (χ0v) is 11.0. The lowest BCUT2D eigenvalue weighted by molar-refractivity contribution is 1.19. The van der Waals surface area contributed by atoms with Gasteiger partial charge < -0.3 is 5.73 Å². The normalized spacial score (nSPS) is 10.1. The molecule has 90 valence electrons. The number of rotatable bonds is 2. The van der Waals surface area contributed by atoms with Gasteiger partial charge in [-0.25, -0.2) is 0 Å². The van der Waals surface area contributed by atoms with Crippen LogP contribution in [0.1, 0.15) is 16.7 Å². The summed E-state index contributed by atoms with van der Waals surface area (Å²) in [7, 11) is 0. The van der Waals surface area contributed by atoms with Crippen molar-refractivity contribution in [2.45, 2.75) is 6.42 Å². The van der Waals surface area contributed by atoms with E-state index in [-0.39, 0.29) is 0 Å². The van der Waals surface area contributed by atoms with Crippen LogP contribution in [0.3, 0.4) is 0 Å². The van der Waals surface area contributed by atoms with Crippen LogP contribution in [-0.4, -0.2) is 0 Å². The van der Waals surface area contributed by atoms with Gasteiger partial charge in [0.25, 0.3) is 0 Å². The van der Waals surface area contributed by atoms with Crippen molar-refractivity contribution in [1.29, 1.82) is 5.26 Å². The third kappa shape index (κ3) is 2.76. The summed E-state index contributed by atoms with van der Waals surface area (Å²) in [6.07, 6.45) is 0.686. The Morgan fingerprint density at radius 3 is 2.33 bits per heavy atom. The SMILES string of the molecule is N#Cc1cc(Cc2ccc(Cl)c(Cl)c2)ccc1N. The smallest absolute Gasteiger partial charge is 0.101 e. The van der Waals surface area contributed by atoms with E-state index < -0.39 is 0 Å². The van der Waals surface area contributed by atoms with Gasteiger partial charge in [-0.2, -0.15) is 5.26 Å². The molecule has 2 nitrogen and oxygen atoms in total. The minimum atomic E-state index is 0.493. The lowest BCUT2D eigenvalue weighted by Gasteiger charge is -2.05. The minimum Gasteiger partial charge on any atom is -0.398 e. The molecule has 18 heavy (non-hydrogen) atoms. The highest BCUT2D eigenvalue weighted by Gasteiger charge is 2.03. The summed E-state index contributed by atoms with van der Waals surface area (Å²) in [4.78, 5) is 0. The molecule has 0 amide bonds. The fourth-order valence-corrected chi connectivity index (χ4v) is 2.02. The van der Waals surface area contributed by atoms with E-state index in [9.17, 15) is 0 Å². The fraction of sp³-hybridized carbons (Fsp3) is 0.0714. The first-order valence-electron chi connectivity index (χ1n) is 5.32. The third-order valence-corrected chi connectivity index (χ3v) is 3.37. The molecule has 0 aliphatic heterocycles. The zero-order valence-electron chi connectivity index (χ0n) is 9.45. The van der Waals surface area contributed by atoms with Gasteiger partial charge >= 0.3 is 0 Å². The van der Waals surface area contributed by atoms with Crippen molar-refractivity contribution in [2.75, 3.05) is 5.73 Å². The number of nitrogens with two attached hydrogens (primary N) is 1. The number of hydrogen-bond acceptors (Lipinski definition) is 2. The summed E-state index contributed by atoms with van der Waals surface area (Å²) < 4.78 is 0. The van der Waals surface area contributed by atoms with Crippen LogP contribution >= 0.6 is 23.2 Å². The largest absolute Gasteiger partial charge is 0.398 e. The summed E-state index contributed by atoms with van der Waals surface area (Å²) in [5.74, 6) is 0. The van der Waals surface area contributed by atoms with E-state index in [0.29, 0.717) is 27.7 Å². The zero-order chi connectivity index (χ0) is 13.1. The number of anilines is 1. The lowest BCUT2D eigenvalue weighted by Crippen LogP contribution is -1.94. The van der Waals surface area contributed by atoms with Crippen molar-refractivity contribution in [3.63, 3.8) is 0 Å².